The van der Waals surface area contributed by atoms with Crippen molar-refractivity contribution in [3.8, 4) is 0 Å². The largest absolute Gasteiger partial charge is 0.379 e. The summed E-state index contributed by atoms with van der Waals surface area (Å²) >= 11 is 0. The van der Waals surface area contributed by atoms with Crippen LogP contribution in [0.4, 0.5) is 0 Å². The molecule has 1 aliphatic heterocycles. The molecule has 0 amide bonds. The minimum absolute atomic E-state index is 0.00410. The van der Waals surface area contributed by atoms with Crippen molar-refractivity contribution in [2.45, 2.75) is 31.0 Å². The van der Waals surface area contributed by atoms with Crippen LogP contribution in [0.2, 0.25) is 0 Å². The van der Waals surface area contributed by atoms with Crippen LogP contribution in [0.25, 0.3) is 10.9 Å². The lowest BCUT2D eigenvalue weighted by atomic mass is 9.79. The van der Waals surface area contributed by atoms with Crippen molar-refractivity contribution in [2.24, 2.45) is 0 Å². The van der Waals surface area contributed by atoms with E-state index >= 15 is 0 Å². The fraction of sp³-hybridized carbons (Fsp3) is 0.222. The van der Waals surface area contributed by atoms with Crippen molar-refractivity contribution >= 4 is 10.9 Å². The maximum Gasteiger partial charge on any atom is 0.130 e. The fourth-order valence-corrected chi connectivity index (χ4v) is 4.83. The number of hydrogen-bond acceptors (Lipinski definition) is 3. The summed E-state index contributed by atoms with van der Waals surface area (Å²) < 4.78 is 0. The summed E-state index contributed by atoms with van der Waals surface area (Å²) in [5, 5.41) is 13.4. The van der Waals surface area contributed by atoms with E-state index in [0.29, 0.717) is 0 Å². The monoisotopic (exact) mass is 394 g/mol. The third kappa shape index (κ3) is 3.41. The molecule has 3 nitrogen and oxygen atoms in total. The predicted octanol–water partition coefficient (Wildman–Crippen LogP) is 5.14. The van der Waals surface area contributed by atoms with Crippen LogP contribution in [0.15, 0.2) is 97.1 Å². The number of rotatable bonds is 5. The van der Waals surface area contributed by atoms with Crippen LogP contribution in [-0.4, -0.2) is 27.6 Å². The second-order valence-corrected chi connectivity index (χ2v) is 8.12. The van der Waals surface area contributed by atoms with E-state index < -0.39 is 5.60 Å². The highest BCUT2D eigenvalue weighted by Gasteiger charge is 2.45. The molecule has 0 aliphatic carbocycles. The summed E-state index contributed by atoms with van der Waals surface area (Å²) in [5.41, 5.74) is 2.89. The molecule has 2 heterocycles. The van der Waals surface area contributed by atoms with Gasteiger partial charge in [0.2, 0.25) is 0 Å². The molecular weight excluding hydrogens is 368 g/mol. The molecular formula is C27H26N2O. The molecule has 1 atom stereocenters. The molecule has 1 fully saturated rings. The van der Waals surface area contributed by atoms with Crippen molar-refractivity contribution in [3.63, 3.8) is 0 Å². The number of likely N-dealkylation sites (tertiary alicyclic amines) is 1. The highest BCUT2D eigenvalue weighted by Crippen LogP contribution is 2.40. The molecule has 1 aliphatic rings. The van der Waals surface area contributed by atoms with Crippen molar-refractivity contribution < 1.29 is 5.11 Å². The van der Waals surface area contributed by atoms with Gasteiger partial charge in [-0.2, -0.15) is 0 Å². The maximum absolute atomic E-state index is 12.2. The Morgan fingerprint density at radius 3 is 2.13 bits per heavy atom. The minimum Gasteiger partial charge on any atom is -0.379 e. The second-order valence-electron chi connectivity index (χ2n) is 8.12. The van der Waals surface area contributed by atoms with Crippen LogP contribution in [0.1, 0.15) is 29.7 Å². The second kappa shape index (κ2) is 8.02. The molecule has 1 aromatic heterocycles. The Labute approximate surface area is 177 Å². The van der Waals surface area contributed by atoms with E-state index in [0.717, 1.165) is 53.7 Å². The van der Waals surface area contributed by atoms with E-state index in [1.54, 1.807) is 0 Å². The molecule has 0 radical (unpaired) electrons. The number of aliphatic hydroxyl groups is 1. The highest BCUT2D eigenvalue weighted by atomic mass is 16.3. The minimum atomic E-state index is -1.06. The van der Waals surface area contributed by atoms with Crippen molar-refractivity contribution in [3.05, 3.63) is 114 Å². The zero-order valence-electron chi connectivity index (χ0n) is 17.0. The van der Waals surface area contributed by atoms with Gasteiger partial charge in [0.15, 0.2) is 0 Å². The number of hydrogen-bond donors (Lipinski definition) is 1. The molecule has 3 aromatic carbocycles. The van der Waals surface area contributed by atoms with Crippen LogP contribution < -0.4 is 0 Å². The first-order valence-corrected chi connectivity index (χ1v) is 10.7. The molecule has 5 rings (SSSR count). The highest BCUT2D eigenvalue weighted by molar-refractivity contribution is 5.78. The van der Waals surface area contributed by atoms with E-state index in [9.17, 15) is 5.11 Å². The molecule has 0 unspecified atom stereocenters. The third-order valence-electron chi connectivity index (χ3n) is 6.29. The Morgan fingerprint density at radius 2 is 1.43 bits per heavy atom. The van der Waals surface area contributed by atoms with Gasteiger partial charge in [0, 0.05) is 18.0 Å². The summed E-state index contributed by atoms with van der Waals surface area (Å²) in [5.74, 6) is 0. The van der Waals surface area contributed by atoms with Crippen molar-refractivity contribution in [1.29, 1.82) is 0 Å². The number of fused-ring (bicyclic) bond motifs is 1. The molecule has 0 bridgehead atoms. The van der Waals surface area contributed by atoms with E-state index in [1.807, 2.05) is 72.8 Å². The fourth-order valence-electron chi connectivity index (χ4n) is 4.83. The van der Waals surface area contributed by atoms with Crippen LogP contribution in [0, 0.1) is 0 Å². The van der Waals surface area contributed by atoms with E-state index in [1.165, 1.54) is 0 Å². The molecule has 0 spiro atoms. The van der Waals surface area contributed by atoms with Crippen molar-refractivity contribution in [1.82, 2.24) is 9.88 Å². The number of aromatic nitrogens is 1. The van der Waals surface area contributed by atoms with E-state index in [4.69, 9.17) is 4.98 Å². The Morgan fingerprint density at radius 1 is 0.800 bits per heavy atom. The molecule has 4 aromatic rings. The Bertz CT molecular complexity index is 1090. The lowest BCUT2D eigenvalue weighted by Gasteiger charge is -2.40. The average molecular weight is 395 g/mol. The van der Waals surface area contributed by atoms with Crippen molar-refractivity contribution in [2.75, 3.05) is 6.54 Å². The van der Waals surface area contributed by atoms with E-state index in [-0.39, 0.29) is 6.04 Å². The summed E-state index contributed by atoms with van der Waals surface area (Å²) in [7, 11) is 0. The summed E-state index contributed by atoms with van der Waals surface area (Å²) in [6, 6.07) is 32.7. The lowest BCUT2D eigenvalue weighted by molar-refractivity contribution is -0.00686. The van der Waals surface area contributed by atoms with Gasteiger partial charge in [-0.25, -0.2) is 0 Å². The van der Waals surface area contributed by atoms with E-state index in [2.05, 4.69) is 29.2 Å². The van der Waals surface area contributed by atoms with Gasteiger partial charge in [0.05, 0.1) is 11.2 Å². The van der Waals surface area contributed by atoms with Crippen LogP contribution in [-0.2, 0) is 12.1 Å². The molecule has 1 N–H and O–H groups in total. The lowest BCUT2D eigenvalue weighted by Crippen LogP contribution is -2.48. The molecule has 30 heavy (non-hydrogen) atoms. The topological polar surface area (TPSA) is 36.4 Å². The van der Waals surface area contributed by atoms with Crippen LogP contribution in [0.5, 0.6) is 0 Å². The van der Waals surface area contributed by atoms with Gasteiger partial charge in [-0.15, -0.1) is 0 Å². The SMILES string of the molecule is OC(c1ccccc1)(c1ccccc1)[C@@H]1CCCN1Cc1ccc2ccccc2n1. The number of para-hydroxylation sites is 1. The Balaban J connectivity index is 1.52. The first-order valence-electron chi connectivity index (χ1n) is 10.7. The number of nitrogens with zero attached hydrogens (tertiary/aromatic N) is 2. The quantitative estimate of drug-likeness (QED) is 0.509. The normalized spacial score (nSPS) is 17.4. The number of pyridine rings is 1. The zero-order chi connectivity index (χ0) is 20.4. The molecule has 150 valence electrons. The van der Waals surface area contributed by atoms with Crippen LogP contribution in [0.3, 0.4) is 0 Å². The zero-order valence-corrected chi connectivity index (χ0v) is 17.0. The van der Waals surface area contributed by atoms with Gasteiger partial charge in [0.25, 0.3) is 0 Å². The van der Waals surface area contributed by atoms with Crippen LogP contribution >= 0.6 is 0 Å². The first-order chi connectivity index (χ1) is 14.7. The first kappa shape index (κ1) is 19.0. The molecule has 1 saturated heterocycles. The molecule has 3 heteroatoms. The van der Waals surface area contributed by atoms with Gasteiger partial charge >= 0.3 is 0 Å². The maximum atomic E-state index is 12.2. The average Bonchev–Trinajstić information content (AvgIpc) is 3.28. The third-order valence-corrected chi connectivity index (χ3v) is 6.29. The predicted molar refractivity (Wildman–Crippen MR) is 121 cm³/mol. The van der Waals surface area contributed by atoms with Gasteiger partial charge in [-0.3, -0.25) is 9.88 Å². The summed E-state index contributed by atoms with van der Waals surface area (Å²) in [6.07, 6.45) is 2.02. The number of benzene rings is 3. The Hall–Kier alpha value is -3.01. The van der Waals surface area contributed by atoms with Gasteiger partial charge in [-0.1, -0.05) is 84.9 Å². The van der Waals surface area contributed by atoms with Gasteiger partial charge in [0.1, 0.15) is 5.60 Å². The Kier molecular flexibility index (Phi) is 5.07. The smallest absolute Gasteiger partial charge is 0.130 e. The van der Waals surface area contributed by atoms with Gasteiger partial charge in [-0.05, 0) is 42.6 Å². The standard InChI is InChI=1S/C27H26N2O/c30-27(22-11-3-1-4-12-22,23-13-5-2-6-14-23)26-16-9-19-29(26)20-24-18-17-21-10-7-8-15-25(21)28-24/h1-8,10-15,17-18,26,30H,9,16,19-20H2/t26-/m0/s1. The van der Waals surface area contributed by atoms with Gasteiger partial charge < -0.3 is 5.11 Å². The summed E-state index contributed by atoms with van der Waals surface area (Å²) in [4.78, 5) is 7.28. The molecule has 0 saturated carbocycles. The summed E-state index contributed by atoms with van der Waals surface area (Å²) in [6.45, 7) is 1.69.